The summed E-state index contributed by atoms with van der Waals surface area (Å²) >= 11 is 7.44. The second kappa shape index (κ2) is 6.31. The van der Waals surface area contributed by atoms with Crippen molar-refractivity contribution in [1.29, 1.82) is 0 Å². The average Bonchev–Trinajstić information content (AvgIpc) is 2.90. The summed E-state index contributed by atoms with van der Waals surface area (Å²) in [4.78, 5) is 5.32. The molecular weight excluding hydrogens is 330 g/mol. The molecular formula is C13H16ClN3O2S2. The Labute approximate surface area is 133 Å². The van der Waals surface area contributed by atoms with Gasteiger partial charge >= 0.3 is 0 Å². The molecule has 3 N–H and O–H groups in total. The number of aryl methyl sites for hydroxylation is 1. The molecule has 0 fully saturated rings. The highest BCUT2D eigenvalue weighted by atomic mass is 35.5. The molecule has 2 aromatic rings. The molecule has 0 aliphatic carbocycles. The predicted octanol–water partition coefficient (Wildman–Crippen LogP) is 2.98. The molecule has 5 nitrogen and oxygen atoms in total. The minimum Gasteiger partial charge on any atom is -0.399 e. The number of hydrogen-bond acceptors (Lipinski definition) is 5. The van der Waals surface area contributed by atoms with E-state index in [1.165, 1.54) is 23.5 Å². The van der Waals surface area contributed by atoms with Crippen LogP contribution >= 0.6 is 22.9 Å². The summed E-state index contributed by atoms with van der Waals surface area (Å²) in [6.07, 6.45) is 2.64. The first-order valence-electron chi connectivity index (χ1n) is 6.35. The van der Waals surface area contributed by atoms with Crippen LogP contribution in [0.4, 0.5) is 5.69 Å². The summed E-state index contributed by atoms with van der Waals surface area (Å²) in [5.41, 5.74) is 5.97. The highest BCUT2D eigenvalue weighted by Gasteiger charge is 2.22. The minimum atomic E-state index is -3.75. The Morgan fingerprint density at radius 2 is 2.19 bits per heavy atom. The summed E-state index contributed by atoms with van der Waals surface area (Å²) < 4.78 is 27.4. The third kappa shape index (κ3) is 3.74. The zero-order chi connectivity index (χ0) is 15.6. The van der Waals surface area contributed by atoms with Crippen molar-refractivity contribution in [2.75, 3.05) is 5.73 Å². The number of sulfonamides is 1. The maximum Gasteiger partial charge on any atom is 0.242 e. The van der Waals surface area contributed by atoms with Crippen molar-refractivity contribution in [2.24, 2.45) is 0 Å². The van der Waals surface area contributed by atoms with Crippen LogP contribution < -0.4 is 10.5 Å². The summed E-state index contributed by atoms with van der Waals surface area (Å²) in [5, 5.41) is 0.854. The number of anilines is 1. The Bertz CT molecular complexity index is 744. The van der Waals surface area contributed by atoms with Crippen LogP contribution in [-0.4, -0.2) is 13.4 Å². The number of nitrogen functional groups attached to an aromatic ring is 1. The quantitative estimate of drug-likeness (QED) is 0.816. The van der Waals surface area contributed by atoms with Gasteiger partial charge in [-0.3, -0.25) is 0 Å². The van der Waals surface area contributed by atoms with Crippen LogP contribution in [0, 0.1) is 0 Å². The van der Waals surface area contributed by atoms with Gasteiger partial charge in [0.2, 0.25) is 10.0 Å². The Hall–Kier alpha value is -1.15. The van der Waals surface area contributed by atoms with Gasteiger partial charge < -0.3 is 5.73 Å². The fourth-order valence-corrected chi connectivity index (χ4v) is 4.44. The van der Waals surface area contributed by atoms with Gasteiger partial charge in [0.15, 0.2) is 0 Å². The lowest BCUT2D eigenvalue weighted by atomic mass is 10.3. The van der Waals surface area contributed by atoms with E-state index in [1.54, 1.807) is 19.2 Å². The lowest BCUT2D eigenvalue weighted by Gasteiger charge is -2.13. The van der Waals surface area contributed by atoms with Crippen molar-refractivity contribution in [3.8, 4) is 0 Å². The lowest BCUT2D eigenvalue weighted by molar-refractivity contribution is 0.566. The van der Waals surface area contributed by atoms with Crippen LogP contribution in [0.2, 0.25) is 5.02 Å². The van der Waals surface area contributed by atoms with E-state index in [4.69, 9.17) is 17.3 Å². The first-order valence-corrected chi connectivity index (χ1v) is 9.03. The molecule has 0 amide bonds. The van der Waals surface area contributed by atoms with Crippen molar-refractivity contribution < 1.29 is 8.42 Å². The average molecular weight is 346 g/mol. The van der Waals surface area contributed by atoms with E-state index in [9.17, 15) is 8.42 Å². The largest absolute Gasteiger partial charge is 0.399 e. The fraction of sp³-hybridized carbons (Fsp3) is 0.308. The molecule has 0 aliphatic heterocycles. The number of benzene rings is 1. The number of hydrogen-bond donors (Lipinski definition) is 2. The number of thiazole rings is 1. The molecule has 8 heteroatoms. The summed E-state index contributed by atoms with van der Waals surface area (Å²) in [5.74, 6) is 0. The fourth-order valence-electron chi connectivity index (χ4n) is 1.76. The van der Waals surface area contributed by atoms with Crippen LogP contribution in [-0.2, 0) is 16.4 Å². The van der Waals surface area contributed by atoms with Gasteiger partial charge in [0, 0.05) is 16.8 Å². The maximum atomic E-state index is 12.4. The smallest absolute Gasteiger partial charge is 0.242 e. The normalized spacial score (nSPS) is 13.3. The van der Waals surface area contributed by atoms with Gasteiger partial charge in [0.1, 0.15) is 9.90 Å². The Morgan fingerprint density at radius 1 is 1.48 bits per heavy atom. The summed E-state index contributed by atoms with van der Waals surface area (Å²) in [6.45, 7) is 3.77. The third-order valence-corrected chi connectivity index (χ3v) is 6.21. The van der Waals surface area contributed by atoms with E-state index < -0.39 is 16.1 Å². The van der Waals surface area contributed by atoms with Crippen molar-refractivity contribution in [2.45, 2.75) is 31.2 Å². The molecule has 0 saturated carbocycles. The van der Waals surface area contributed by atoms with Crippen LogP contribution in [0.15, 0.2) is 29.3 Å². The van der Waals surface area contributed by atoms with Gasteiger partial charge in [-0.15, -0.1) is 11.3 Å². The van der Waals surface area contributed by atoms with Crippen molar-refractivity contribution in [3.05, 3.63) is 39.3 Å². The molecule has 0 radical (unpaired) electrons. The predicted molar refractivity (Wildman–Crippen MR) is 86.1 cm³/mol. The highest BCUT2D eigenvalue weighted by Crippen LogP contribution is 2.26. The van der Waals surface area contributed by atoms with Crippen molar-refractivity contribution in [3.63, 3.8) is 0 Å². The Kier molecular flexibility index (Phi) is 4.88. The molecule has 0 bridgehead atoms. The first-order chi connectivity index (χ1) is 9.83. The van der Waals surface area contributed by atoms with E-state index in [-0.39, 0.29) is 9.92 Å². The number of halogens is 1. The molecule has 1 aromatic carbocycles. The molecule has 0 spiro atoms. The van der Waals surface area contributed by atoms with E-state index >= 15 is 0 Å². The van der Waals surface area contributed by atoms with Gasteiger partial charge in [-0.1, -0.05) is 18.5 Å². The molecule has 1 atom stereocenters. The molecule has 2 rings (SSSR count). The third-order valence-electron chi connectivity index (χ3n) is 2.87. The van der Waals surface area contributed by atoms with Crippen molar-refractivity contribution in [1.82, 2.24) is 9.71 Å². The first kappa shape index (κ1) is 16.2. The Balaban J connectivity index is 2.26. The van der Waals surface area contributed by atoms with E-state index in [1.807, 2.05) is 6.92 Å². The van der Waals surface area contributed by atoms with Gasteiger partial charge in [0.25, 0.3) is 0 Å². The number of nitrogens with two attached hydrogens (primary N) is 1. The van der Waals surface area contributed by atoms with E-state index in [0.29, 0.717) is 5.69 Å². The summed E-state index contributed by atoms with van der Waals surface area (Å²) in [6, 6.07) is 3.93. The second-order valence-corrected chi connectivity index (χ2v) is 7.79. The van der Waals surface area contributed by atoms with E-state index in [2.05, 4.69) is 9.71 Å². The second-order valence-electron chi connectivity index (χ2n) is 4.55. The monoisotopic (exact) mass is 345 g/mol. The number of nitrogens with zero attached hydrogens (tertiary/aromatic N) is 1. The topological polar surface area (TPSA) is 85.1 Å². The Morgan fingerprint density at radius 3 is 2.81 bits per heavy atom. The van der Waals surface area contributed by atoms with Crippen LogP contribution in [0.25, 0.3) is 0 Å². The lowest BCUT2D eigenvalue weighted by Crippen LogP contribution is -2.27. The number of aromatic nitrogens is 1. The zero-order valence-corrected chi connectivity index (χ0v) is 14.0. The van der Waals surface area contributed by atoms with Crippen LogP contribution in [0.1, 0.15) is 29.8 Å². The highest BCUT2D eigenvalue weighted by molar-refractivity contribution is 7.89. The SMILES string of the molecule is CCc1cnc(C(C)NS(=O)(=O)c2cc(N)ccc2Cl)s1. The van der Waals surface area contributed by atoms with Gasteiger partial charge in [-0.05, 0) is 31.5 Å². The number of rotatable bonds is 5. The molecule has 1 aromatic heterocycles. The minimum absolute atomic E-state index is 0.0247. The number of nitrogens with one attached hydrogen (secondary N) is 1. The summed E-state index contributed by atoms with van der Waals surface area (Å²) in [7, 11) is -3.75. The standard InChI is InChI=1S/C13H16ClN3O2S2/c1-3-10-7-16-13(20-10)8(2)17-21(18,19)12-6-9(15)4-5-11(12)14/h4-8,17H,3,15H2,1-2H3. The molecule has 0 saturated heterocycles. The van der Waals surface area contributed by atoms with Gasteiger partial charge in [-0.25, -0.2) is 18.1 Å². The van der Waals surface area contributed by atoms with Crippen LogP contribution in [0.3, 0.4) is 0 Å². The van der Waals surface area contributed by atoms with Gasteiger partial charge in [0.05, 0.1) is 11.1 Å². The molecule has 0 aliphatic rings. The molecule has 1 heterocycles. The zero-order valence-electron chi connectivity index (χ0n) is 11.6. The molecule has 1 unspecified atom stereocenters. The maximum absolute atomic E-state index is 12.4. The van der Waals surface area contributed by atoms with E-state index in [0.717, 1.165) is 16.3 Å². The van der Waals surface area contributed by atoms with Crippen LogP contribution in [0.5, 0.6) is 0 Å². The molecule has 114 valence electrons. The van der Waals surface area contributed by atoms with Crippen molar-refractivity contribution >= 4 is 38.6 Å². The van der Waals surface area contributed by atoms with Gasteiger partial charge in [-0.2, -0.15) is 0 Å². The molecule has 21 heavy (non-hydrogen) atoms.